The fourth-order valence-electron chi connectivity index (χ4n) is 1.25. The van der Waals surface area contributed by atoms with Crippen LogP contribution in [0.1, 0.15) is 5.56 Å². The Hall–Kier alpha value is -1.40. The molecule has 0 saturated carbocycles. The third-order valence-corrected chi connectivity index (χ3v) is 3.45. The van der Waals surface area contributed by atoms with Gasteiger partial charge in [0.2, 0.25) is 10.0 Å². The molecule has 0 amide bonds. The molecular weight excluding hydrogens is 230 g/mol. The summed E-state index contributed by atoms with van der Waals surface area (Å²) in [5.41, 5.74) is 0.719. The van der Waals surface area contributed by atoms with Crippen LogP contribution in [0.3, 0.4) is 0 Å². The van der Waals surface area contributed by atoms with Gasteiger partial charge >= 0.3 is 0 Å². The number of ether oxygens (including phenoxy) is 1. The highest BCUT2D eigenvalue weighted by atomic mass is 32.2. The van der Waals surface area contributed by atoms with Gasteiger partial charge in [0.25, 0.3) is 0 Å². The molecule has 88 valence electrons. The van der Waals surface area contributed by atoms with Crippen molar-refractivity contribution in [2.24, 2.45) is 0 Å². The predicted octanol–water partition coefficient (Wildman–Crippen LogP) is 0.481. The minimum atomic E-state index is -3.61. The fourth-order valence-corrected chi connectivity index (χ4v) is 2.28. The van der Waals surface area contributed by atoms with Crippen LogP contribution in [0.5, 0.6) is 5.75 Å². The molecule has 1 rings (SSSR count). The monoisotopic (exact) mass is 243 g/mol. The minimum Gasteiger partial charge on any atom is -0.496 e. The lowest BCUT2D eigenvalue weighted by Gasteiger charge is -2.08. The molecule has 0 aromatic heterocycles. The van der Waals surface area contributed by atoms with Crippen molar-refractivity contribution < 1.29 is 17.9 Å². The van der Waals surface area contributed by atoms with Gasteiger partial charge in [0, 0.05) is 0 Å². The Kier molecular flexibility index (Phi) is 4.03. The van der Waals surface area contributed by atoms with Gasteiger partial charge in [-0.3, -0.25) is 0 Å². The van der Waals surface area contributed by atoms with Crippen molar-refractivity contribution in [1.29, 1.82) is 0 Å². The number of carbonyl (C=O) groups is 1. The van der Waals surface area contributed by atoms with Gasteiger partial charge in [-0.2, -0.15) is 0 Å². The molecule has 16 heavy (non-hydrogen) atoms. The summed E-state index contributed by atoms with van der Waals surface area (Å²) in [6.07, 6.45) is 0.494. The van der Waals surface area contributed by atoms with E-state index in [-0.39, 0.29) is 11.4 Å². The Morgan fingerprint density at radius 1 is 1.44 bits per heavy atom. The highest BCUT2D eigenvalue weighted by Gasteiger charge is 2.14. The zero-order chi connectivity index (χ0) is 12.2. The number of hydrogen-bond acceptors (Lipinski definition) is 4. The Morgan fingerprint density at radius 2 is 2.12 bits per heavy atom. The van der Waals surface area contributed by atoms with Gasteiger partial charge in [-0.15, -0.1) is 0 Å². The van der Waals surface area contributed by atoms with E-state index in [4.69, 9.17) is 4.74 Å². The van der Waals surface area contributed by atoms with E-state index in [1.54, 1.807) is 13.0 Å². The molecule has 0 heterocycles. The summed E-state index contributed by atoms with van der Waals surface area (Å²) in [5, 5.41) is 0. The fraction of sp³-hybridized carbons (Fsp3) is 0.300. The smallest absolute Gasteiger partial charge is 0.240 e. The summed E-state index contributed by atoms with van der Waals surface area (Å²) in [5.74, 6) is 0.620. The maximum absolute atomic E-state index is 11.6. The summed E-state index contributed by atoms with van der Waals surface area (Å²) in [7, 11) is -2.09. The van der Waals surface area contributed by atoms with Crippen LogP contribution in [-0.2, 0) is 14.8 Å². The van der Waals surface area contributed by atoms with Gasteiger partial charge in [-0.1, -0.05) is 0 Å². The van der Waals surface area contributed by atoms with Gasteiger partial charge < -0.3 is 9.53 Å². The zero-order valence-corrected chi connectivity index (χ0v) is 9.87. The molecule has 5 nitrogen and oxygen atoms in total. The van der Waals surface area contributed by atoms with Crippen molar-refractivity contribution in [3.63, 3.8) is 0 Å². The van der Waals surface area contributed by atoms with E-state index in [1.807, 2.05) is 0 Å². The van der Waals surface area contributed by atoms with E-state index in [0.717, 1.165) is 5.56 Å². The highest BCUT2D eigenvalue weighted by molar-refractivity contribution is 7.89. The second kappa shape index (κ2) is 5.09. The Bertz CT molecular complexity index is 482. The molecule has 0 atom stereocenters. The Labute approximate surface area is 94.5 Å². The first kappa shape index (κ1) is 12.7. The van der Waals surface area contributed by atoms with Crippen molar-refractivity contribution in [2.75, 3.05) is 13.7 Å². The topological polar surface area (TPSA) is 72.5 Å². The average molecular weight is 243 g/mol. The second-order valence-corrected chi connectivity index (χ2v) is 4.92. The van der Waals surface area contributed by atoms with Gasteiger partial charge in [-0.25, -0.2) is 13.1 Å². The van der Waals surface area contributed by atoms with Crippen LogP contribution in [0.25, 0.3) is 0 Å². The van der Waals surface area contributed by atoms with E-state index in [0.29, 0.717) is 12.0 Å². The Morgan fingerprint density at radius 3 is 2.62 bits per heavy atom. The van der Waals surface area contributed by atoms with E-state index < -0.39 is 10.0 Å². The van der Waals surface area contributed by atoms with Crippen LogP contribution < -0.4 is 9.46 Å². The summed E-state index contributed by atoms with van der Waals surface area (Å²) < 4.78 is 30.4. The quantitative estimate of drug-likeness (QED) is 0.763. The summed E-state index contributed by atoms with van der Waals surface area (Å²) in [4.78, 5) is 10.2. The van der Waals surface area contributed by atoms with Gasteiger partial charge in [0.15, 0.2) is 0 Å². The van der Waals surface area contributed by atoms with Gasteiger partial charge in [0.05, 0.1) is 18.6 Å². The first-order valence-electron chi connectivity index (χ1n) is 4.59. The summed E-state index contributed by atoms with van der Waals surface area (Å²) >= 11 is 0. The maximum atomic E-state index is 11.6. The molecule has 0 unspecified atom stereocenters. The van der Waals surface area contributed by atoms with Crippen molar-refractivity contribution in [3.05, 3.63) is 23.8 Å². The van der Waals surface area contributed by atoms with Crippen LogP contribution in [0.4, 0.5) is 0 Å². The van der Waals surface area contributed by atoms with Crippen molar-refractivity contribution in [1.82, 2.24) is 4.72 Å². The normalized spacial score (nSPS) is 11.1. The van der Waals surface area contributed by atoms with Crippen LogP contribution in [-0.4, -0.2) is 28.4 Å². The Balaban J connectivity index is 3.05. The number of methoxy groups -OCH3 is 1. The van der Waals surface area contributed by atoms with E-state index >= 15 is 0 Å². The van der Waals surface area contributed by atoms with Gasteiger partial charge in [-0.05, 0) is 30.7 Å². The number of sulfonamides is 1. The van der Waals surface area contributed by atoms with Gasteiger partial charge in [0.1, 0.15) is 12.0 Å². The number of aryl methyl sites for hydroxylation is 1. The molecule has 6 heteroatoms. The summed E-state index contributed by atoms with van der Waals surface area (Å²) in [6.45, 7) is 1.52. The van der Waals surface area contributed by atoms with Crippen LogP contribution >= 0.6 is 0 Å². The molecule has 0 bridgehead atoms. The molecule has 0 aliphatic carbocycles. The molecule has 0 aliphatic rings. The van der Waals surface area contributed by atoms with Crippen molar-refractivity contribution >= 4 is 16.3 Å². The molecule has 1 N–H and O–H groups in total. The largest absolute Gasteiger partial charge is 0.496 e. The zero-order valence-electron chi connectivity index (χ0n) is 9.06. The van der Waals surface area contributed by atoms with E-state index in [9.17, 15) is 13.2 Å². The molecule has 0 fully saturated rings. The SMILES string of the molecule is COc1ccc(S(=O)(=O)NCC=O)cc1C. The minimum absolute atomic E-state index is 0.118. The number of benzene rings is 1. The third kappa shape index (κ3) is 2.80. The van der Waals surface area contributed by atoms with Crippen molar-refractivity contribution in [3.8, 4) is 5.75 Å². The van der Waals surface area contributed by atoms with E-state index in [2.05, 4.69) is 4.72 Å². The number of hydrogen-bond donors (Lipinski definition) is 1. The predicted molar refractivity (Wildman–Crippen MR) is 59.0 cm³/mol. The standard InChI is InChI=1S/C10H13NO4S/c1-8-7-9(3-4-10(8)15-2)16(13,14)11-5-6-12/h3-4,6-7,11H,5H2,1-2H3. The lowest BCUT2D eigenvalue weighted by Crippen LogP contribution is -2.25. The molecule has 1 aromatic carbocycles. The molecule has 0 radical (unpaired) electrons. The number of carbonyl (C=O) groups excluding carboxylic acids is 1. The van der Waals surface area contributed by atoms with E-state index in [1.165, 1.54) is 19.2 Å². The number of rotatable bonds is 5. The first-order chi connectivity index (χ1) is 7.51. The molecule has 0 saturated heterocycles. The second-order valence-electron chi connectivity index (χ2n) is 3.15. The lowest BCUT2D eigenvalue weighted by molar-refractivity contribution is -0.106. The molecular formula is C10H13NO4S. The third-order valence-electron chi connectivity index (χ3n) is 2.03. The number of nitrogens with one attached hydrogen (secondary N) is 1. The lowest BCUT2D eigenvalue weighted by atomic mass is 10.2. The van der Waals surface area contributed by atoms with Crippen LogP contribution in [0.2, 0.25) is 0 Å². The average Bonchev–Trinajstić information content (AvgIpc) is 2.26. The molecule has 0 spiro atoms. The van der Waals surface area contributed by atoms with Crippen LogP contribution in [0, 0.1) is 6.92 Å². The summed E-state index contributed by atoms with van der Waals surface area (Å²) in [6, 6.07) is 4.50. The molecule has 0 aliphatic heterocycles. The van der Waals surface area contributed by atoms with Crippen molar-refractivity contribution in [2.45, 2.75) is 11.8 Å². The highest BCUT2D eigenvalue weighted by Crippen LogP contribution is 2.20. The maximum Gasteiger partial charge on any atom is 0.240 e. The van der Waals surface area contributed by atoms with Crippen LogP contribution in [0.15, 0.2) is 23.1 Å². The number of aldehydes is 1. The molecule has 1 aromatic rings. The first-order valence-corrected chi connectivity index (χ1v) is 6.07.